The third kappa shape index (κ3) is 7.20. The summed E-state index contributed by atoms with van der Waals surface area (Å²) in [4.78, 5) is 34.9. The number of nitro groups is 1. The molecule has 1 aromatic carbocycles. The third-order valence-electron chi connectivity index (χ3n) is 3.24. The SMILES string of the molecule is CB(O)N[C@H](CC(=O)OC(C)(C)C)C(=O)Nc1cc([N+](=O)[O-])ccc1C. The molecule has 0 aliphatic carbocycles. The summed E-state index contributed by atoms with van der Waals surface area (Å²) in [5.41, 5.74) is 0.000383. The van der Waals surface area contributed by atoms with E-state index in [2.05, 4.69) is 10.5 Å². The molecule has 3 N–H and O–H groups in total. The van der Waals surface area contributed by atoms with Crippen LogP contribution in [0.1, 0.15) is 32.8 Å². The van der Waals surface area contributed by atoms with E-state index in [-0.39, 0.29) is 17.8 Å². The molecule has 0 saturated heterocycles. The third-order valence-corrected chi connectivity index (χ3v) is 3.24. The van der Waals surface area contributed by atoms with E-state index >= 15 is 0 Å². The highest BCUT2D eigenvalue weighted by Gasteiger charge is 2.27. The molecule has 0 unspecified atom stereocenters. The minimum absolute atomic E-state index is 0.168. The van der Waals surface area contributed by atoms with Crippen LogP contribution in [0.2, 0.25) is 6.82 Å². The molecule has 10 heteroatoms. The molecule has 1 aromatic rings. The lowest BCUT2D eigenvalue weighted by atomic mass is 9.86. The van der Waals surface area contributed by atoms with E-state index in [0.717, 1.165) is 0 Å². The summed E-state index contributed by atoms with van der Waals surface area (Å²) >= 11 is 0. The van der Waals surface area contributed by atoms with Crippen molar-refractivity contribution in [2.24, 2.45) is 0 Å². The molecular formula is C16H24BN3O6. The number of anilines is 1. The second-order valence-electron chi connectivity index (χ2n) is 6.93. The molecule has 0 aliphatic heterocycles. The van der Waals surface area contributed by atoms with E-state index in [4.69, 9.17) is 4.74 Å². The summed E-state index contributed by atoms with van der Waals surface area (Å²) in [5, 5.41) is 25.6. The molecule has 142 valence electrons. The summed E-state index contributed by atoms with van der Waals surface area (Å²) in [6.07, 6.45) is -0.304. The van der Waals surface area contributed by atoms with Crippen LogP contribution in [0.15, 0.2) is 18.2 Å². The van der Waals surface area contributed by atoms with Gasteiger partial charge in [-0.25, -0.2) is 0 Å². The normalized spacial score (nSPS) is 12.2. The van der Waals surface area contributed by atoms with Gasteiger partial charge in [-0.3, -0.25) is 19.7 Å². The smallest absolute Gasteiger partial charge is 0.374 e. The molecule has 0 fully saturated rings. The van der Waals surface area contributed by atoms with Crippen molar-refractivity contribution in [3.05, 3.63) is 33.9 Å². The van der Waals surface area contributed by atoms with Crippen LogP contribution in [-0.2, 0) is 14.3 Å². The number of carbonyl (C=O) groups is 2. The Bertz CT molecular complexity index is 687. The molecular weight excluding hydrogens is 341 g/mol. The van der Waals surface area contributed by atoms with Crippen molar-refractivity contribution in [2.75, 3.05) is 5.32 Å². The molecule has 0 radical (unpaired) electrons. The average Bonchev–Trinajstić information content (AvgIpc) is 2.46. The number of rotatable bonds is 7. The lowest BCUT2D eigenvalue weighted by Crippen LogP contribution is -2.48. The second kappa shape index (κ2) is 8.77. The van der Waals surface area contributed by atoms with Gasteiger partial charge < -0.3 is 20.3 Å². The fraction of sp³-hybridized carbons (Fsp3) is 0.500. The van der Waals surface area contributed by atoms with Crippen LogP contribution in [0.3, 0.4) is 0 Å². The molecule has 0 saturated carbocycles. The predicted octanol–water partition coefficient (Wildman–Crippen LogP) is 1.64. The van der Waals surface area contributed by atoms with Gasteiger partial charge in [-0.1, -0.05) is 6.07 Å². The van der Waals surface area contributed by atoms with Gasteiger partial charge in [0.2, 0.25) is 5.91 Å². The lowest BCUT2D eigenvalue weighted by molar-refractivity contribution is -0.384. The largest absolute Gasteiger partial charge is 0.460 e. The topological polar surface area (TPSA) is 131 Å². The first kappa shape index (κ1) is 21.6. The molecule has 1 atom stereocenters. The monoisotopic (exact) mass is 365 g/mol. The van der Waals surface area contributed by atoms with Crippen LogP contribution >= 0.6 is 0 Å². The van der Waals surface area contributed by atoms with Gasteiger partial charge in [0.1, 0.15) is 5.60 Å². The van der Waals surface area contributed by atoms with Crippen LogP contribution < -0.4 is 10.5 Å². The fourth-order valence-corrected chi connectivity index (χ4v) is 2.15. The molecule has 0 heterocycles. The Balaban J connectivity index is 2.94. The second-order valence-corrected chi connectivity index (χ2v) is 6.93. The summed E-state index contributed by atoms with van der Waals surface area (Å²) in [7, 11) is -1.04. The Morgan fingerprint density at radius 3 is 2.50 bits per heavy atom. The Labute approximate surface area is 152 Å². The van der Waals surface area contributed by atoms with Gasteiger partial charge in [0.15, 0.2) is 0 Å². The number of benzene rings is 1. The lowest BCUT2D eigenvalue weighted by Gasteiger charge is -2.23. The Morgan fingerprint density at radius 1 is 1.38 bits per heavy atom. The highest BCUT2D eigenvalue weighted by molar-refractivity contribution is 6.46. The molecule has 26 heavy (non-hydrogen) atoms. The van der Waals surface area contributed by atoms with Crippen molar-refractivity contribution in [3.8, 4) is 0 Å². The number of amides is 1. The number of esters is 1. The number of hydrogen-bond donors (Lipinski definition) is 3. The van der Waals surface area contributed by atoms with Crippen LogP contribution in [0.4, 0.5) is 11.4 Å². The Kier molecular flexibility index (Phi) is 7.28. The van der Waals surface area contributed by atoms with E-state index < -0.39 is 35.5 Å². The number of non-ortho nitro benzene ring substituents is 1. The van der Waals surface area contributed by atoms with Crippen LogP contribution in [0.25, 0.3) is 0 Å². The summed E-state index contributed by atoms with van der Waals surface area (Å²) in [6.45, 7) is 8.20. The number of aryl methyl sites for hydroxylation is 1. The fourth-order valence-electron chi connectivity index (χ4n) is 2.15. The zero-order valence-corrected chi connectivity index (χ0v) is 15.5. The quantitative estimate of drug-likeness (QED) is 0.290. The highest BCUT2D eigenvalue weighted by atomic mass is 16.6. The maximum atomic E-state index is 12.5. The maximum absolute atomic E-state index is 12.5. The van der Waals surface area contributed by atoms with E-state index in [0.29, 0.717) is 5.56 Å². The van der Waals surface area contributed by atoms with E-state index in [1.165, 1.54) is 25.0 Å². The minimum Gasteiger partial charge on any atom is -0.460 e. The molecule has 1 rings (SSSR count). The first-order chi connectivity index (χ1) is 11.9. The Morgan fingerprint density at radius 2 is 2.00 bits per heavy atom. The summed E-state index contributed by atoms with van der Waals surface area (Å²) in [5.74, 6) is -1.22. The number of nitro benzene ring substituents is 1. The van der Waals surface area contributed by atoms with E-state index in [9.17, 15) is 24.7 Å². The van der Waals surface area contributed by atoms with Crippen molar-refractivity contribution in [3.63, 3.8) is 0 Å². The minimum atomic E-state index is -1.07. The van der Waals surface area contributed by atoms with Crippen LogP contribution in [0, 0.1) is 17.0 Å². The van der Waals surface area contributed by atoms with Gasteiger partial charge in [-0.05, 0) is 40.1 Å². The molecule has 9 nitrogen and oxygen atoms in total. The van der Waals surface area contributed by atoms with Gasteiger partial charge in [-0.2, -0.15) is 0 Å². The molecule has 0 spiro atoms. The number of nitrogens with one attached hydrogen (secondary N) is 2. The molecule has 1 amide bonds. The summed E-state index contributed by atoms with van der Waals surface area (Å²) < 4.78 is 5.19. The predicted molar refractivity (Wildman–Crippen MR) is 97.7 cm³/mol. The highest BCUT2D eigenvalue weighted by Crippen LogP contribution is 2.22. The van der Waals surface area contributed by atoms with Crippen LogP contribution in [0.5, 0.6) is 0 Å². The standard InChI is InChI=1S/C16H24BN3O6/c1-10-6-7-11(20(24)25)8-12(10)18-15(22)13(19-17(5)23)9-14(21)26-16(2,3)4/h6-8,13,19,23H,9H2,1-5H3,(H,18,22)/t13-/m1/s1. The van der Waals surface area contributed by atoms with Crippen molar-refractivity contribution in [1.82, 2.24) is 5.23 Å². The van der Waals surface area contributed by atoms with Gasteiger partial charge in [0.05, 0.1) is 23.1 Å². The number of hydrogen-bond acceptors (Lipinski definition) is 7. The maximum Gasteiger partial charge on any atom is 0.374 e. The zero-order valence-electron chi connectivity index (χ0n) is 15.5. The number of carbonyl (C=O) groups excluding carboxylic acids is 2. The van der Waals surface area contributed by atoms with Crippen molar-refractivity contribution >= 4 is 30.3 Å². The van der Waals surface area contributed by atoms with Gasteiger partial charge in [0.25, 0.3) is 5.69 Å². The first-order valence-corrected chi connectivity index (χ1v) is 8.11. The zero-order chi connectivity index (χ0) is 20.1. The van der Waals surface area contributed by atoms with Crippen molar-refractivity contribution in [2.45, 2.75) is 52.6 Å². The summed E-state index contributed by atoms with van der Waals surface area (Å²) in [6, 6.07) is 3.01. The van der Waals surface area contributed by atoms with Crippen molar-refractivity contribution < 1.29 is 24.3 Å². The van der Waals surface area contributed by atoms with Gasteiger partial charge in [-0.15, -0.1) is 0 Å². The Hall–Kier alpha value is -2.46. The van der Waals surface area contributed by atoms with Gasteiger partial charge in [0, 0.05) is 12.1 Å². The molecule has 0 bridgehead atoms. The molecule has 0 aromatic heterocycles. The molecule has 0 aliphatic rings. The average molecular weight is 365 g/mol. The first-order valence-electron chi connectivity index (χ1n) is 8.11. The van der Waals surface area contributed by atoms with E-state index in [1.54, 1.807) is 27.7 Å². The number of ether oxygens (including phenoxy) is 1. The van der Waals surface area contributed by atoms with Gasteiger partial charge >= 0.3 is 13.0 Å². The van der Waals surface area contributed by atoms with Crippen LogP contribution in [-0.4, -0.2) is 40.5 Å². The number of nitrogens with zero attached hydrogens (tertiary/aromatic N) is 1. The van der Waals surface area contributed by atoms with E-state index in [1.807, 2.05) is 0 Å². The van der Waals surface area contributed by atoms with Crippen molar-refractivity contribution in [1.29, 1.82) is 0 Å².